The van der Waals surface area contributed by atoms with Crippen LogP contribution < -0.4 is 15.4 Å². The average Bonchev–Trinajstić information content (AvgIpc) is 3.31. The molecule has 1 aliphatic rings. The van der Waals surface area contributed by atoms with Gasteiger partial charge >= 0.3 is 0 Å². The second-order valence-corrected chi connectivity index (χ2v) is 11.4. The average molecular weight is 560 g/mol. The molecule has 0 aliphatic carbocycles. The number of benzene rings is 1. The molecule has 206 valence electrons. The van der Waals surface area contributed by atoms with E-state index >= 15 is 0 Å². The number of aliphatic hydroxyl groups is 1. The maximum atomic E-state index is 12.1. The highest BCUT2D eigenvalue weighted by atomic mass is 35.5. The first-order chi connectivity index (χ1) is 19.0. The number of anilines is 1. The fourth-order valence-corrected chi connectivity index (χ4v) is 4.82. The molecule has 1 aliphatic heterocycles. The van der Waals surface area contributed by atoms with Gasteiger partial charge in [-0.3, -0.25) is 4.79 Å². The number of pyridine rings is 1. The molecule has 1 amide bonds. The summed E-state index contributed by atoms with van der Waals surface area (Å²) in [7, 11) is 0. The first-order valence-electron chi connectivity index (χ1n) is 12.9. The van der Waals surface area contributed by atoms with E-state index in [9.17, 15) is 15.2 Å². The van der Waals surface area contributed by atoms with E-state index in [1.807, 2.05) is 25.1 Å². The SMILES string of the molecule is CC(C)(O)COc1cc(N2CCC(C)(C(N)=O)CC2)n2nc(-c3ccc(C#N)nc3)c(-c3ccc(Cl)cc3)c2n1. The van der Waals surface area contributed by atoms with Crippen LogP contribution in [0.4, 0.5) is 5.82 Å². The lowest BCUT2D eigenvalue weighted by Gasteiger charge is -2.38. The lowest BCUT2D eigenvalue weighted by Crippen LogP contribution is -2.46. The Morgan fingerprint density at radius 3 is 2.45 bits per heavy atom. The molecule has 4 heterocycles. The van der Waals surface area contributed by atoms with E-state index in [4.69, 9.17) is 32.2 Å². The van der Waals surface area contributed by atoms with Crippen molar-refractivity contribution in [1.82, 2.24) is 19.6 Å². The fraction of sp³-hybridized carbons (Fsp3) is 0.345. The van der Waals surface area contributed by atoms with E-state index in [2.05, 4.69) is 9.88 Å². The van der Waals surface area contributed by atoms with Gasteiger partial charge in [0.25, 0.3) is 0 Å². The predicted molar refractivity (Wildman–Crippen MR) is 152 cm³/mol. The highest BCUT2D eigenvalue weighted by Gasteiger charge is 2.36. The number of primary amides is 1. The molecular formula is C29H30ClN7O3. The molecule has 3 aromatic heterocycles. The number of nitrogens with zero attached hydrogens (tertiary/aromatic N) is 6. The van der Waals surface area contributed by atoms with Gasteiger partial charge in [-0.1, -0.05) is 30.7 Å². The van der Waals surface area contributed by atoms with Crippen LogP contribution in [0, 0.1) is 16.7 Å². The van der Waals surface area contributed by atoms with Crippen LogP contribution in [0.2, 0.25) is 5.02 Å². The van der Waals surface area contributed by atoms with Crippen LogP contribution in [0.15, 0.2) is 48.7 Å². The number of aromatic nitrogens is 4. The van der Waals surface area contributed by atoms with Crippen LogP contribution in [-0.4, -0.2) is 55.9 Å². The van der Waals surface area contributed by atoms with Crippen LogP contribution in [0.3, 0.4) is 0 Å². The third-order valence-corrected chi connectivity index (χ3v) is 7.44. The van der Waals surface area contributed by atoms with Crippen molar-refractivity contribution >= 4 is 29.0 Å². The summed E-state index contributed by atoms with van der Waals surface area (Å²) < 4.78 is 7.74. The minimum Gasteiger partial charge on any atom is -0.474 e. The summed E-state index contributed by atoms with van der Waals surface area (Å²) in [5.74, 6) is 0.749. The third-order valence-electron chi connectivity index (χ3n) is 7.19. The van der Waals surface area contributed by atoms with E-state index in [0.717, 1.165) is 16.9 Å². The molecule has 0 spiro atoms. The monoisotopic (exact) mass is 559 g/mol. The molecule has 0 unspecified atom stereocenters. The zero-order valence-corrected chi connectivity index (χ0v) is 23.3. The second kappa shape index (κ2) is 10.4. The van der Waals surface area contributed by atoms with Gasteiger partial charge in [0.1, 0.15) is 29.9 Å². The predicted octanol–water partition coefficient (Wildman–Crippen LogP) is 4.22. The molecule has 10 nitrogen and oxygen atoms in total. The van der Waals surface area contributed by atoms with Gasteiger partial charge in [-0.25, -0.2) is 4.98 Å². The number of piperidine rings is 1. The van der Waals surface area contributed by atoms with Gasteiger partial charge in [0.05, 0.1) is 11.2 Å². The van der Waals surface area contributed by atoms with Crippen molar-refractivity contribution in [3.8, 4) is 34.3 Å². The smallest absolute Gasteiger partial charge is 0.223 e. The molecule has 11 heteroatoms. The van der Waals surface area contributed by atoms with Crippen LogP contribution >= 0.6 is 11.6 Å². The van der Waals surface area contributed by atoms with Gasteiger partial charge in [0.15, 0.2) is 5.65 Å². The van der Waals surface area contributed by atoms with E-state index in [1.165, 1.54) is 0 Å². The normalized spacial score (nSPS) is 15.2. The Morgan fingerprint density at radius 2 is 1.88 bits per heavy atom. The van der Waals surface area contributed by atoms with Gasteiger partial charge in [-0.05, 0) is 56.5 Å². The van der Waals surface area contributed by atoms with Crippen LogP contribution in [0.5, 0.6) is 5.88 Å². The molecule has 0 bridgehead atoms. The summed E-state index contributed by atoms with van der Waals surface area (Å²) in [5, 5.41) is 25.1. The van der Waals surface area contributed by atoms with Gasteiger partial charge in [-0.15, -0.1) is 0 Å². The van der Waals surface area contributed by atoms with E-state index in [0.29, 0.717) is 59.4 Å². The summed E-state index contributed by atoms with van der Waals surface area (Å²) >= 11 is 6.20. The number of rotatable bonds is 7. The van der Waals surface area contributed by atoms with Crippen molar-refractivity contribution in [2.45, 2.75) is 39.2 Å². The van der Waals surface area contributed by atoms with Crippen molar-refractivity contribution in [2.75, 3.05) is 24.6 Å². The molecule has 40 heavy (non-hydrogen) atoms. The summed E-state index contributed by atoms with van der Waals surface area (Å²) in [6.45, 7) is 6.41. The van der Waals surface area contributed by atoms with Gasteiger partial charge < -0.3 is 20.5 Å². The summed E-state index contributed by atoms with van der Waals surface area (Å²) in [4.78, 5) is 23.3. The van der Waals surface area contributed by atoms with Gasteiger partial charge in [0, 0.05) is 41.4 Å². The quantitative estimate of drug-likeness (QED) is 0.342. The number of amides is 1. The molecule has 4 aromatic rings. The van der Waals surface area contributed by atoms with Crippen LogP contribution in [-0.2, 0) is 4.79 Å². The molecule has 1 aromatic carbocycles. The lowest BCUT2D eigenvalue weighted by molar-refractivity contribution is -0.127. The molecule has 3 N–H and O–H groups in total. The standard InChI is InChI=1S/C29H30ClN7O3/c1-28(2,39)17-40-22-14-23(36-12-10-29(3,11-13-36)27(32)38)37-26(34-22)24(18-4-7-20(30)8-5-18)25(35-37)19-6-9-21(15-31)33-16-19/h4-9,14,16,39H,10-13,17H2,1-3H3,(H2,32,38). The molecule has 5 rings (SSSR count). The van der Waals surface area contributed by atoms with Crippen LogP contribution in [0.25, 0.3) is 28.0 Å². The Bertz CT molecular complexity index is 1590. The number of hydrogen-bond acceptors (Lipinski definition) is 8. The van der Waals surface area contributed by atoms with Crippen molar-refractivity contribution in [3.05, 3.63) is 59.4 Å². The highest BCUT2D eigenvalue weighted by molar-refractivity contribution is 6.30. The van der Waals surface area contributed by atoms with Crippen molar-refractivity contribution in [3.63, 3.8) is 0 Å². The van der Waals surface area contributed by atoms with Crippen LogP contribution in [0.1, 0.15) is 39.3 Å². The maximum absolute atomic E-state index is 12.1. The van der Waals surface area contributed by atoms with Crippen molar-refractivity contribution in [1.29, 1.82) is 5.26 Å². The molecule has 0 atom stereocenters. The Kier molecular flexibility index (Phi) is 7.12. The van der Waals surface area contributed by atoms with Gasteiger partial charge in [0.2, 0.25) is 11.8 Å². The number of hydrogen-bond donors (Lipinski definition) is 2. The summed E-state index contributed by atoms with van der Waals surface area (Å²) in [5.41, 5.74) is 7.77. The highest BCUT2D eigenvalue weighted by Crippen LogP contribution is 2.39. The van der Waals surface area contributed by atoms with Gasteiger partial charge in [-0.2, -0.15) is 19.9 Å². The second-order valence-electron chi connectivity index (χ2n) is 11.0. The number of fused-ring (bicyclic) bond motifs is 1. The van der Waals surface area contributed by atoms with Crippen molar-refractivity contribution in [2.24, 2.45) is 11.1 Å². The first kappa shape index (κ1) is 27.4. The molecule has 1 saturated heterocycles. The Hall–Kier alpha value is -4.20. The first-order valence-corrected chi connectivity index (χ1v) is 13.3. The number of carbonyl (C=O) groups is 1. The number of ether oxygens (including phenoxy) is 1. The molecule has 0 saturated carbocycles. The zero-order valence-electron chi connectivity index (χ0n) is 22.6. The minimum atomic E-state index is -1.07. The van der Waals surface area contributed by atoms with Crippen molar-refractivity contribution < 1.29 is 14.6 Å². The number of carbonyl (C=O) groups excluding carboxylic acids is 1. The lowest BCUT2D eigenvalue weighted by atomic mass is 9.80. The largest absolute Gasteiger partial charge is 0.474 e. The summed E-state index contributed by atoms with van der Waals surface area (Å²) in [6.07, 6.45) is 2.79. The summed E-state index contributed by atoms with van der Waals surface area (Å²) in [6, 6.07) is 14.7. The van der Waals surface area contributed by atoms with E-state index in [-0.39, 0.29) is 12.5 Å². The molecular weight excluding hydrogens is 530 g/mol. The Morgan fingerprint density at radius 1 is 1.20 bits per heavy atom. The number of nitriles is 1. The Balaban J connectivity index is 1.72. The maximum Gasteiger partial charge on any atom is 0.223 e. The molecule has 1 fully saturated rings. The third kappa shape index (κ3) is 5.43. The topological polar surface area (TPSA) is 143 Å². The van der Waals surface area contributed by atoms with E-state index in [1.54, 1.807) is 54.9 Å². The van der Waals surface area contributed by atoms with E-state index < -0.39 is 11.0 Å². The number of nitrogens with two attached hydrogens (primary N) is 1. The number of halogens is 1. The zero-order chi connectivity index (χ0) is 28.7. The molecule has 0 radical (unpaired) electrons. The minimum absolute atomic E-state index is 0.0339. The Labute approximate surface area is 237 Å². The fourth-order valence-electron chi connectivity index (χ4n) is 4.69.